The lowest BCUT2D eigenvalue weighted by Crippen LogP contribution is -2.44. The van der Waals surface area contributed by atoms with E-state index in [1.165, 1.54) is 4.90 Å². The Bertz CT molecular complexity index is 818. The van der Waals surface area contributed by atoms with Gasteiger partial charge in [-0.05, 0) is 42.7 Å². The average molecular weight is 322 g/mol. The number of fused-ring (bicyclic) bond motifs is 1. The summed E-state index contributed by atoms with van der Waals surface area (Å²) in [5.41, 5.74) is 3.41. The molecule has 1 aliphatic heterocycles. The number of allylic oxidation sites excluding steroid dienone is 4. The first-order chi connectivity index (χ1) is 11.5. The fourth-order valence-corrected chi connectivity index (χ4v) is 2.56. The number of rotatable bonds is 1. The van der Waals surface area contributed by atoms with Crippen molar-refractivity contribution >= 4 is 23.5 Å². The summed E-state index contributed by atoms with van der Waals surface area (Å²) in [5.74, 6) is -0.368. The summed E-state index contributed by atoms with van der Waals surface area (Å²) in [5, 5.41) is 5.23. The molecule has 0 atom stereocenters. The summed E-state index contributed by atoms with van der Waals surface area (Å²) < 4.78 is 0. The molecule has 122 valence electrons. The van der Waals surface area contributed by atoms with E-state index in [0.29, 0.717) is 12.1 Å². The maximum Gasteiger partial charge on any atom is 0.325 e. The molecule has 1 heterocycles. The van der Waals surface area contributed by atoms with Gasteiger partial charge in [0.2, 0.25) is 5.84 Å². The third-order valence-electron chi connectivity index (χ3n) is 3.78. The Morgan fingerprint density at radius 2 is 2.12 bits per heavy atom. The van der Waals surface area contributed by atoms with Crippen molar-refractivity contribution in [3.8, 4) is 0 Å². The first-order valence-electron chi connectivity index (χ1n) is 7.61. The van der Waals surface area contributed by atoms with E-state index in [9.17, 15) is 9.59 Å². The molecule has 0 bridgehead atoms. The van der Waals surface area contributed by atoms with Crippen molar-refractivity contribution < 1.29 is 9.59 Å². The van der Waals surface area contributed by atoms with Crippen molar-refractivity contribution in [3.05, 3.63) is 65.5 Å². The topological polar surface area (TPSA) is 73.8 Å². The number of nitrogens with one attached hydrogen (secondary N) is 2. The number of aliphatic imine (C=N–C) groups is 1. The number of carbonyl (C=O) groups excluding carboxylic acids is 2. The summed E-state index contributed by atoms with van der Waals surface area (Å²) in [7, 11) is 1.67. The number of nitrogens with zero attached hydrogens (tertiary/aromatic N) is 2. The van der Waals surface area contributed by atoms with Crippen molar-refractivity contribution in [3.63, 3.8) is 0 Å². The highest BCUT2D eigenvalue weighted by Gasteiger charge is 2.26. The van der Waals surface area contributed by atoms with Gasteiger partial charge in [0, 0.05) is 24.6 Å². The lowest BCUT2D eigenvalue weighted by Gasteiger charge is -2.22. The molecule has 2 aliphatic rings. The molecule has 0 aromatic heterocycles. The Balaban J connectivity index is 1.75. The van der Waals surface area contributed by atoms with E-state index in [0.717, 1.165) is 16.8 Å². The zero-order valence-corrected chi connectivity index (χ0v) is 13.5. The van der Waals surface area contributed by atoms with E-state index in [4.69, 9.17) is 0 Å². The zero-order chi connectivity index (χ0) is 17.1. The van der Waals surface area contributed by atoms with E-state index >= 15 is 0 Å². The molecular formula is C18H18N4O2. The number of aryl methyl sites for hydroxylation is 1. The Morgan fingerprint density at radius 1 is 1.29 bits per heavy atom. The molecule has 0 fully saturated rings. The summed E-state index contributed by atoms with van der Waals surface area (Å²) in [6, 6.07) is 6.91. The second-order valence-electron chi connectivity index (χ2n) is 5.63. The number of carbonyl (C=O) groups is 2. The fourth-order valence-electron chi connectivity index (χ4n) is 2.56. The maximum atomic E-state index is 12.5. The Morgan fingerprint density at radius 3 is 2.92 bits per heavy atom. The van der Waals surface area contributed by atoms with Gasteiger partial charge < -0.3 is 10.2 Å². The average Bonchev–Trinajstić information content (AvgIpc) is 2.67. The second kappa shape index (κ2) is 6.54. The van der Waals surface area contributed by atoms with Gasteiger partial charge in [-0.3, -0.25) is 10.1 Å². The number of anilines is 1. The summed E-state index contributed by atoms with van der Waals surface area (Å²) >= 11 is 0. The Hall–Kier alpha value is -3.15. The standard InChI is InChI=1S/C18H18N4O2/c1-12-6-5-8-14(10-12)20-18(24)21-16-17(23)22(2)15-9-4-3-7-13(15)11-19-16/h3-6,8-11H,7H2,1-2H3,(H2,19,20,21,24). The molecule has 6 heteroatoms. The summed E-state index contributed by atoms with van der Waals surface area (Å²) in [6.07, 6.45) is 8.08. The number of likely N-dealkylation sites (N-methyl/N-ethyl adjacent to an activating group) is 1. The molecule has 0 radical (unpaired) electrons. The third-order valence-corrected chi connectivity index (χ3v) is 3.78. The minimum atomic E-state index is -0.503. The molecule has 24 heavy (non-hydrogen) atoms. The molecule has 1 aromatic carbocycles. The van der Waals surface area contributed by atoms with Gasteiger partial charge in [0.15, 0.2) is 0 Å². The van der Waals surface area contributed by atoms with Crippen LogP contribution in [0.3, 0.4) is 0 Å². The molecule has 3 amide bonds. The quantitative estimate of drug-likeness (QED) is 0.834. The highest BCUT2D eigenvalue weighted by Crippen LogP contribution is 2.24. The van der Waals surface area contributed by atoms with Crippen molar-refractivity contribution in [1.82, 2.24) is 10.2 Å². The molecule has 6 nitrogen and oxygen atoms in total. The van der Waals surface area contributed by atoms with E-state index in [1.807, 2.05) is 43.4 Å². The SMILES string of the molecule is Cc1cccc(NC(=O)NC2=NC=C3CC=CC=C3N(C)C2=O)c1. The summed E-state index contributed by atoms with van der Waals surface area (Å²) in [4.78, 5) is 30.3. The largest absolute Gasteiger partial charge is 0.325 e. The molecule has 0 saturated heterocycles. The molecule has 0 unspecified atom stereocenters. The molecule has 1 aromatic rings. The van der Waals surface area contributed by atoms with Crippen LogP contribution in [0.15, 0.2) is 65.0 Å². The van der Waals surface area contributed by atoms with Gasteiger partial charge in [0.1, 0.15) is 0 Å². The highest BCUT2D eigenvalue weighted by atomic mass is 16.2. The number of amides is 3. The van der Waals surface area contributed by atoms with Gasteiger partial charge in [0.25, 0.3) is 5.91 Å². The first-order valence-corrected chi connectivity index (χ1v) is 7.61. The van der Waals surface area contributed by atoms with E-state index in [2.05, 4.69) is 15.6 Å². The van der Waals surface area contributed by atoms with Crippen molar-refractivity contribution in [1.29, 1.82) is 0 Å². The minimum Gasteiger partial charge on any atom is -0.308 e. The Labute approximate surface area is 140 Å². The fraction of sp³-hybridized carbons (Fsp3) is 0.167. The van der Waals surface area contributed by atoms with Gasteiger partial charge >= 0.3 is 6.03 Å². The van der Waals surface area contributed by atoms with Crippen LogP contribution in [-0.2, 0) is 4.79 Å². The maximum absolute atomic E-state index is 12.5. The lowest BCUT2D eigenvalue weighted by atomic mass is 10.0. The molecular weight excluding hydrogens is 304 g/mol. The number of hydrogen-bond donors (Lipinski definition) is 2. The lowest BCUT2D eigenvalue weighted by molar-refractivity contribution is -0.121. The van der Waals surface area contributed by atoms with Gasteiger partial charge in [-0.1, -0.05) is 24.3 Å². The van der Waals surface area contributed by atoms with Gasteiger partial charge in [-0.15, -0.1) is 0 Å². The first kappa shape index (κ1) is 15.7. The number of urea groups is 1. The van der Waals surface area contributed by atoms with Gasteiger partial charge in [-0.25, -0.2) is 9.79 Å². The van der Waals surface area contributed by atoms with Crippen LogP contribution >= 0.6 is 0 Å². The van der Waals surface area contributed by atoms with Crippen molar-refractivity contribution in [2.75, 3.05) is 12.4 Å². The number of benzene rings is 1. The molecule has 2 N–H and O–H groups in total. The zero-order valence-electron chi connectivity index (χ0n) is 13.5. The predicted molar refractivity (Wildman–Crippen MR) is 93.5 cm³/mol. The van der Waals surface area contributed by atoms with Gasteiger partial charge in [-0.2, -0.15) is 0 Å². The van der Waals surface area contributed by atoms with Gasteiger partial charge in [0.05, 0.1) is 0 Å². The van der Waals surface area contributed by atoms with Crippen LogP contribution in [0.5, 0.6) is 0 Å². The Kier molecular flexibility index (Phi) is 4.29. The predicted octanol–water partition coefficient (Wildman–Crippen LogP) is 2.71. The van der Waals surface area contributed by atoms with Crippen LogP contribution in [-0.4, -0.2) is 29.7 Å². The van der Waals surface area contributed by atoms with E-state index in [-0.39, 0.29) is 11.7 Å². The number of amidine groups is 1. The third kappa shape index (κ3) is 3.27. The van der Waals surface area contributed by atoms with Crippen LogP contribution in [0.4, 0.5) is 10.5 Å². The van der Waals surface area contributed by atoms with E-state index < -0.39 is 6.03 Å². The number of hydrogen-bond acceptors (Lipinski definition) is 3. The highest BCUT2D eigenvalue weighted by molar-refractivity contribution is 6.41. The molecule has 0 saturated carbocycles. The minimum absolute atomic E-state index is 0.00884. The normalized spacial score (nSPS) is 16.5. The molecule has 0 spiro atoms. The van der Waals surface area contributed by atoms with Crippen molar-refractivity contribution in [2.24, 2.45) is 4.99 Å². The molecule has 3 rings (SSSR count). The summed E-state index contributed by atoms with van der Waals surface area (Å²) in [6.45, 7) is 1.94. The monoisotopic (exact) mass is 322 g/mol. The molecule has 1 aliphatic carbocycles. The van der Waals surface area contributed by atoms with Crippen LogP contribution in [0.1, 0.15) is 12.0 Å². The smallest absolute Gasteiger partial charge is 0.308 e. The second-order valence-corrected chi connectivity index (χ2v) is 5.63. The van der Waals surface area contributed by atoms with Crippen LogP contribution in [0.25, 0.3) is 0 Å². The van der Waals surface area contributed by atoms with Crippen LogP contribution in [0, 0.1) is 6.92 Å². The van der Waals surface area contributed by atoms with E-state index in [1.54, 1.807) is 19.3 Å². The van der Waals surface area contributed by atoms with Crippen LogP contribution in [0.2, 0.25) is 0 Å². The van der Waals surface area contributed by atoms with Crippen molar-refractivity contribution in [2.45, 2.75) is 13.3 Å². The van der Waals surface area contributed by atoms with Crippen LogP contribution < -0.4 is 10.6 Å².